The van der Waals surface area contributed by atoms with Crippen LogP contribution in [0.5, 0.6) is 0 Å². The molecule has 3 rings (SSSR count). The molecule has 1 amide bonds. The van der Waals surface area contributed by atoms with Crippen molar-refractivity contribution in [2.45, 2.75) is 50.9 Å². The van der Waals surface area contributed by atoms with Crippen molar-refractivity contribution >= 4 is 39.7 Å². The zero-order valence-electron chi connectivity index (χ0n) is 19.0. The summed E-state index contributed by atoms with van der Waals surface area (Å²) >= 11 is 1.52. The first-order valence-electron chi connectivity index (χ1n) is 9.93. The number of β-lactam (4-membered cyclic amide) rings is 1. The zero-order valence-corrected chi connectivity index (χ0v) is 20.7. The second-order valence-corrected chi connectivity index (χ2v) is 11.1. The molecule has 3 N–H and O–H groups in total. The fourth-order valence-electron chi connectivity index (χ4n) is 2.79. The van der Waals surface area contributed by atoms with Crippen molar-refractivity contribution < 1.29 is 36.8 Å². The Bertz CT molecular complexity index is 1060. The first-order valence-corrected chi connectivity index (χ1v) is 12.4. The molecule has 0 aliphatic carbocycles. The maximum atomic E-state index is 12.2. The van der Waals surface area contributed by atoms with Crippen LogP contribution in [0.15, 0.2) is 40.4 Å². The van der Waals surface area contributed by atoms with Crippen LogP contribution >= 0.6 is 11.8 Å². The van der Waals surface area contributed by atoms with Gasteiger partial charge in [0, 0.05) is 5.75 Å². The Morgan fingerprint density at radius 3 is 2.27 bits per heavy atom. The number of ether oxygens (including phenoxy) is 2. The Labute approximate surface area is 197 Å². The summed E-state index contributed by atoms with van der Waals surface area (Å²) in [5.74, 6) is -0.834. The average Bonchev–Trinajstić information content (AvgIpc) is 2.72. The SMILES string of the molecule is CC1=C(C(=O)OCOC(=O)C(C)(C)C)N2C(=O)C(N)[C@@H]2SC1.Cc1ccc(S(=O)(=O)O)cc1. The molecule has 10 nitrogen and oxygen atoms in total. The molecule has 33 heavy (non-hydrogen) atoms. The van der Waals surface area contributed by atoms with Crippen LogP contribution in [0, 0.1) is 12.3 Å². The summed E-state index contributed by atoms with van der Waals surface area (Å²) < 4.78 is 39.4. The van der Waals surface area contributed by atoms with Gasteiger partial charge in [-0.2, -0.15) is 8.42 Å². The van der Waals surface area contributed by atoms with Crippen LogP contribution in [0.1, 0.15) is 33.3 Å². The first-order chi connectivity index (χ1) is 15.1. The van der Waals surface area contributed by atoms with E-state index in [-0.39, 0.29) is 21.9 Å². The van der Waals surface area contributed by atoms with Gasteiger partial charge in [0.05, 0.1) is 10.3 Å². The van der Waals surface area contributed by atoms with E-state index < -0.39 is 40.3 Å². The number of aryl methyl sites for hydroxylation is 1. The van der Waals surface area contributed by atoms with Gasteiger partial charge < -0.3 is 15.2 Å². The van der Waals surface area contributed by atoms with Crippen LogP contribution in [-0.4, -0.2) is 59.7 Å². The second-order valence-electron chi connectivity index (χ2n) is 8.58. The molecule has 182 valence electrons. The highest BCUT2D eigenvalue weighted by molar-refractivity contribution is 8.00. The quantitative estimate of drug-likeness (QED) is 0.271. The highest BCUT2D eigenvalue weighted by Crippen LogP contribution is 2.39. The van der Waals surface area contributed by atoms with E-state index in [2.05, 4.69) is 0 Å². The third-order valence-corrected chi connectivity index (χ3v) is 7.02. The second kappa shape index (κ2) is 10.2. The number of rotatable bonds is 4. The Morgan fingerprint density at radius 2 is 1.76 bits per heavy atom. The minimum absolute atomic E-state index is 0.0666. The molecular weight excluding hydrogens is 472 g/mol. The molecule has 0 spiro atoms. The molecule has 1 aromatic carbocycles. The smallest absolute Gasteiger partial charge is 0.357 e. The Morgan fingerprint density at radius 1 is 1.18 bits per heavy atom. The number of nitrogens with zero attached hydrogens (tertiary/aromatic N) is 1. The number of fused-ring (bicyclic) bond motifs is 1. The summed E-state index contributed by atoms with van der Waals surface area (Å²) in [5, 5.41) is -0.226. The van der Waals surface area contributed by atoms with Gasteiger partial charge in [0.15, 0.2) is 0 Å². The van der Waals surface area contributed by atoms with Gasteiger partial charge in [0.25, 0.3) is 10.1 Å². The topological polar surface area (TPSA) is 153 Å². The number of benzene rings is 1. The minimum Gasteiger partial charge on any atom is -0.427 e. The van der Waals surface area contributed by atoms with Crippen molar-refractivity contribution in [1.82, 2.24) is 4.90 Å². The van der Waals surface area contributed by atoms with Crippen LogP contribution in [-0.2, 0) is 34.0 Å². The van der Waals surface area contributed by atoms with E-state index in [0.29, 0.717) is 5.75 Å². The molecule has 1 aromatic rings. The summed E-state index contributed by atoms with van der Waals surface area (Å²) in [7, 11) is -4.02. The fourth-order valence-corrected chi connectivity index (χ4v) is 4.51. The first kappa shape index (κ1) is 26.8. The van der Waals surface area contributed by atoms with E-state index in [9.17, 15) is 22.8 Å². The highest BCUT2D eigenvalue weighted by Gasteiger charge is 2.51. The lowest BCUT2D eigenvalue weighted by atomic mass is 9.98. The molecule has 0 radical (unpaired) electrons. The van der Waals surface area contributed by atoms with Gasteiger partial charge in [-0.3, -0.25) is 19.0 Å². The van der Waals surface area contributed by atoms with Crippen LogP contribution in [0.4, 0.5) is 0 Å². The molecule has 2 heterocycles. The number of thioether (sulfide) groups is 1. The molecule has 2 aliphatic rings. The zero-order chi connectivity index (χ0) is 25.1. The van der Waals surface area contributed by atoms with Gasteiger partial charge in [-0.05, 0) is 52.3 Å². The van der Waals surface area contributed by atoms with Crippen LogP contribution in [0.25, 0.3) is 0 Å². The van der Waals surface area contributed by atoms with E-state index in [1.807, 2.05) is 6.92 Å². The molecule has 1 saturated heterocycles. The predicted molar refractivity (Wildman–Crippen MR) is 121 cm³/mol. The summed E-state index contributed by atoms with van der Waals surface area (Å²) in [4.78, 5) is 36.9. The van der Waals surface area contributed by atoms with Crippen LogP contribution in [0.3, 0.4) is 0 Å². The van der Waals surface area contributed by atoms with Gasteiger partial charge in [0.1, 0.15) is 17.1 Å². The monoisotopic (exact) mass is 500 g/mol. The van der Waals surface area contributed by atoms with Crippen molar-refractivity contribution in [2.75, 3.05) is 12.5 Å². The summed E-state index contributed by atoms with van der Waals surface area (Å²) in [6.45, 7) is 8.23. The van der Waals surface area contributed by atoms with Gasteiger partial charge >= 0.3 is 11.9 Å². The maximum absolute atomic E-state index is 12.2. The lowest BCUT2D eigenvalue weighted by Gasteiger charge is -2.47. The van der Waals surface area contributed by atoms with E-state index in [1.165, 1.54) is 28.8 Å². The molecular formula is C21H28N2O8S2. The summed E-state index contributed by atoms with van der Waals surface area (Å²) in [6, 6.07) is 5.40. The molecule has 0 bridgehead atoms. The largest absolute Gasteiger partial charge is 0.427 e. The summed E-state index contributed by atoms with van der Waals surface area (Å²) in [6.07, 6.45) is 0. The molecule has 1 unspecified atom stereocenters. The molecule has 2 atom stereocenters. The molecule has 0 saturated carbocycles. The number of hydrogen-bond donors (Lipinski definition) is 2. The molecule has 2 aliphatic heterocycles. The standard InChI is InChI=1S/C14H20N2O5S.C7H8O3S/c1-7-5-22-11-8(15)10(17)16(11)9(7)12(18)20-6-21-13(19)14(2,3)4;1-6-2-4-7(5-3-6)11(8,9)10/h8,11H,5-6,15H2,1-4H3;2-5H,1H3,(H,8,9,10)/t8?,11-;/m0./s1. The van der Waals surface area contributed by atoms with E-state index in [1.54, 1.807) is 39.8 Å². The number of esters is 2. The molecule has 12 heteroatoms. The van der Waals surface area contributed by atoms with E-state index in [4.69, 9.17) is 19.8 Å². The lowest BCUT2D eigenvalue weighted by molar-refractivity contribution is -0.173. The Kier molecular flexibility index (Phi) is 8.33. The minimum atomic E-state index is -4.02. The van der Waals surface area contributed by atoms with E-state index in [0.717, 1.165) is 11.1 Å². The molecule has 1 fully saturated rings. The summed E-state index contributed by atoms with van der Waals surface area (Å²) in [5.41, 5.74) is 6.95. The lowest BCUT2D eigenvalue weighted by Crippen LogP contribution is -2.68. The third-order valence-electron chi connectivity index (χ3n) is 4.70. The average molecular weight is 501 g/mol. The number of carbonyl (C=O) groups excluding carboxylic acids is 3. The molecule has 0 aromatic heterocycles. The van der Waals surface area contributed by atoms with Gasteiger partial charge in [0.2, 0.25) is 12.7 Å². The van der Waals surface area contributed by atoms with Crippen molar-refractivity contribution in [2.24, 2.45) is 11.1 Å². The van der Waals surface area contributed by atoms with Crippen LogP contribution < -0.4 is 5.73 Å². The maximum Gasteiger partial charge on any atom is 0.357 e. The third kappa shape index (κ3) is 6.56. The van der Waals surface area contributed by atoms with E-state index >= 15 is 0 Å². The van der Waals surface area contributed by atoms with Crippen molar-refractivity contribution in [3.8, 4) is 0 Å². The van der Waals surface area contributed by atoms with Gasteiger partial charge in [-0.25, -0.2) is 4.79 Å². The normalized spacial score (nSPS) is 20.2. The fraction of sp³-hybridized carbons (Fsp3) is 0.476. The highest BCUT2D eigenvalue weighted by atomic mass is 32.2. The number of amides is 1. The van der Waals surface area contributed by atoms with Crippen molar-refractivity contribution in [3.05, 3.63) is 41.1 Å². The van der Waals surface area contributed by atoms with Crippen LogP contribution in [0.2, 0.25) is 0 Å². The number of nitrogens with two attached hydrogens (primary N) is 1. The van der Waals surface area contributed by atoms with Crippen molar-refractivity contribution in [1.29, 1.82) is 0 Å². The number of hydrogen-bond acceptors (Lipinski definition) is 9. The predicted octanol–water partition coefficient (Wildman–Crippen LogP) is 1.83. The van der Waals surface area contributed by atoms with Gasteiger partial charge in [-0.1, -0.05) is 17.7 Å². The number of carbonyl (C=O) groups is 3. The Balaban J connectivity index is 0.000000294. The van der Waals surface area contributed by atoms with Crippen molar-refractivity contribution in [3.63, 3.8) is 0 Å². The Hall–Kier alpha value is -2.41. The van der Waals surface area contributed by atoms with Gasteiger partial charge in [-0.15, -0.1) is 11.8 Å².